The van der Waals surface area contributed by atoms with Gasteiger partial charge in [0, 0.05) is 35.6 Å². The van der Waals surface area contributed by atoms with E-state index >= 15 is 0 Å². The van der Waals surface area contributed by atoms with Gasteiger partial charge in [0.25, 0.3) is 0 Å². The maximum Gasteiger partial charge on any atom is 0.412 e. The van der Waals surface area contributed by atoms with E-state index in [1.54, 1.807) is 0 Å². The van der Waals surface area contributed by atoms with Gasteiger partial charge in [-0.15, -0.1) is 0 Å². The Balaban J connectivity index is 1.59. The summed E-state index contributed by atoms with van der Waals surface area (Å²) in [6, 6.07) is 22.2. The number of aryl methyl sites for hydroxylation is 1. The molecule has 0 fully saturated rings. The van der Waals surface area contributed by atoms with Crippen LogP contribution in [0.15, 0.2) is 66.7 Å². The van der Waals surface area contributed by atoms with Gasteiger partial charge in [-0.1, -0.05) is 60.7 Å². The fraction of sp³-hybridized carbons (Fsp3) is 0.222. The molecule has 1 aliphatic carbocycles. The van der Waals surface area contributed by atoms with Crippen molar-refractivity contribution in [3.8, 4) is 0 Å². The first-order valence-corrected chi connectivity index (χ1v) is 10.8. The topological polar surface area (TPSA) is 41.6 Å². The Morgan fingerprint density at radius 1 is 0.903 bits per heavy atom. The Hall–Kier alpha value is -3.53. The molecule has 1 aliphatic rings. The number of anilines is 2. The molecule has 1 amide bonds. The van der Waals surface area contributed by atoms with Crippen LogP contribution in [0, 0.1) is 6.92 Å². The van der Waals surface area contributed by atoms with E-state index in [2.05, 4.69) is 42.3 Å². The standard InChI is InChI=1S/C27H28N2O2/c1-4-29(5-2)22-16-17-25(19(3)18-22)28-27(30)31-26-23-12-8-6-10-20(23)14-15-21-11-7-9-13-24(21)26/h6-18,26H,4-5H2,1-3H3,(H,28,30). The highest BCUT2D eigenvalue weighted by Gasteiger charge is 2.25. The molecule has 4 nitrogen and oxygen atoms in total. The van der Waals surface area contributed by atoms with Crippen LogP contribution in [0.3, 0.4) is 0 Å². The van der Waals surface area contributed by atoms with Crippen molar-refractivity contribution in [1.82, 2.24) is 0 Å². The molecule has 1 N–H and O–H groups in total. The zero-order valence-corrected chi connectivity index (χ0v) is 18.3. The molecule has 0 heterocycles. The first-order valence-electron chi connectivity index (χ1n) is 10.8. The number of fused-ring (bicyclic) bond motifs is 2. The Labute approximate surface area is 184 Å². The molecular weight excluding hydrogens is 384 g/mol. The van der Waals surface area contributed by atoms with Crippen molar-refractivity contribution >= 4 is 29.6 Å². The van der Waals surface area contributed by atoms with Crippen LogP contribution in [0.5, 0.6) is 0 Å². The van der Waals surface area contributed by atoms with Crippen LogP contribution in [0.1, 0.15) is 47.8 Å². The summed E-state index contributed by atoms with van der Waals surface area (Å²) < 4.78 is 6.00. The Kier molecular flexibility index (Phi) is 6.08. The molecule has 0 bridgehead atoms. The molecule has 0 aromatic heterocycles. The second-order valence-electron chi connectivity index (χ2n) is 7.67. The van der Waals surface area contributed by atoms with Crippen LogP contribution in [0.2, 0.25) is 0 Å². The molecule has 0 saturated carbocycles. The van der Waals surface area contributed by atoms with E-state index in [0.717, 1.165) is 52.3 Å². The van der Waals surface area contributed by atoms with Gasteiger partial charge < -0.3 is 9.64 Å². The number of carbonyl (C=O) groups excluding carboxylic acids is 1. The van der Waals surface area contributed by atoms with Gasteiger partial charge in [0.15, 0.2) is 6.10 Å². The van der Waals surface area contributed by atoms with E-state index in [1.807, 2.05) is 67.6 Å². The summed E-state index contributed by atoms with van der Waals surface area (Å²) in [5.74, 6) is 0. The number of benzene rings is 3. The van der Waals surface area contributed by atoms with Crippen LogP contribution in [0.4, 0.5) is 16.2 Å². The fourth-order valence-corrected chi connectivity index (χ4v) is 4.10. The summed E-state index contributed by atoms with van der Waals surface area (Å²) in [4.78, 5) is 15.2. The zero-order chi connectivity index (χ0) is 21.8. The number of ether oxygens (including phenoxy) is 1. The van der Waals surface area contributed by atoms with Gasteiger partial charge in [-0.3, -0.25) is 5.32 Å². The lowest BCUT2D eigenvalue weighted by Gasteiger charge is -2.23. The third kappa shape index (κ3) is 4.33. The molecule has 0 radical (unpaired) electrons. The molecule has 0 aliphatic heterocycles. The molecule has 0 unspecified atom stereocenters. The van der Waals surface area contributed by atoms with E-state index in [1.165, 1.54) is 0 Å². The normalized spacial score (nSPS) is 12.5. The minimum atomic E-state index is -0.474. The Bertz CT molecular complexity index is 1070. The molecule has 31 heavy (non-hydrogen) atoms. The van der Waals surface area contributed by atoms with Crippen molar-refractivity contribution in [2.45, 2.75) is 26.9 Å². The Morgan fingerprint density at radius 2 is 1.48 bits per heavy atom. The number of amides is 1. The summed E-state index contributed by atoms with van der Waals surface area (Å²) in [5, 5.41) is 2.94. The summed E-state index contributed by atoms with van der Waals surface area (Å²) in [6.45, 7) is 8.17. The average Bonchev–Trinajstić information content (AvgIpc) is 2.94. The number of rotatable bonds is 5. The predicted octanol–water partition coefficient (Wildman–Crippen LogP) is 6.66. The lowest BCUT2D eigenvalue weighted by Crippen LogP contribution is -2.22. The van der Waals surface area contributed by atoms with Crippen molar-refractivity contribution in [3.63, 3.8) is 0 Å². The second kappa shape index (κ2) is 9.09. The molecule has 0 saturated heterocycles. The summed E-state index contributed by atoms with van der Waals surface area (Å²) in [5.41, 5.74) is 6.98. The van der Waals surface area contributed by atoms with Crippen molar-refractivity contribution in [2.75, 3.05) is 23.3 Å². The summed E-state index contributed by atoms with van der Waals surface area (Å²) in [6.07, 6.45) is 3.21. The Morgan fingerprint density at radius 3 is 2.03 bits per heavy atom. The van der Waals surface area contributed by atoms with Gasteiger partial charge in [-0.25, -0.2) is 4.79 Å². The number of hydrogen-bond donors (Lipinski definition) is 1. The largest absolute Gasteiger partial charge is 0.436 e. The van der Waals surface area contributed by atoms with E-state index < -0.39 is 12.2 Å². The van der Waals surface area contributed by atoms with Gasteiger partial charge in [0.05, 0.1) is 0 Å². The molecular formula is C27H28N2O2. The van der Waals surface area contributed by atoms with Gasteiger partial charge >= 0.3 is 6.09 Å². The fourth-order valence-electron chi connectivity index (χ4n) is 4.10. The molecule has 0 atom stereocenters. The number of carbonyl (C=O) groups is 1. The van der Waals surface area contributed by atoms with Gasteiger partial charge in [-0.05, 0) is 55.7 Å². The molecule has 158 valence electrons. The minimum absolute atomic E-state index is 0.463. The highest BCUT2D eigenvalue weighted by molar-refractivity contribution is 5.87. The van der Waals surface area contributed by atoms with E-state index in [-0.39, 0.29) is 0 Å². The maximum absolute atomic E-state index is 12.9. The lowest BCUT2D eigenvalue weighted by molar-refractivity contribution is 0.131. The lowest BCUT2D eigenvalue weighted by atomic mass is 9.96. The SMILES string of the molecule is CCN(CC)c1ccc(NC(=O)OC2c3ccccc3C=Cc3ccccc32)c(C)c1. The highest BCUT2D eigenvalue weighted by atomic mass is 16.6. The third-order valence-corrected chi connectivity index (χ3v) is 5.80. The van der Waals surface area contributed by atoms with E-state index in [4.69, 9.17) is 4.74 Å². The van der Waals surface area contributed by atoms with Crippen LogP contribution < -0.4 is 10.2 Å². The highest BCUT2D eigenvalue weighted by Crippen LogP contribution is 2.35. The number of nitrogens with one attached hydrogen (secondary N) is 1. The van der Waals surface area contributed by atoms with Crippen LogP contribution in [0.25, 0.3) is 12.2 Å². The van der Waals surface area contributed by atoms with Crippen molar-refractivity contribution in [1.29, 1.82) is 0 Å². The molecule has 3 aromatic rings. The molecule has 0 spiro atoms. The monoisotopic (exact) mass is 412 g/mol. The van der Waals surface area contributed by atoms with Crippen molar-refractivity contribution in [3.05, 3.63) is 94.5 Å². The maximum atomic E-state index is 12.9. The van der Waals surface area contributed by atoms with E-state index in [0.29, 0.717) is 0 Å². The smallest absolute Gasteiger partial charge is 0.412 e. The van der Waals surface area contributed by atoms with Gasteiger partial charge in [0.1, 0.15) is 0 Å². The summed E-state index contributed by atoms with van der Waals surface area (Å²) in [7, 11) is 0. The zero-order valence-electron chi connectivity index (χ0n) is 18.3. The predicted molar refractivity (Wildman–Crippen MR) is 128 cm³/mol. The van der Waals surface area contributed by atoms with Gasteiger partial charge in [0.2, 0.25) is 0 Å². The van der Waals surface area contributed by atoms with Crippen molar-refractivity contribution < 1.29 is 9.53 Å². The molecule has 4 heteroatoms. The van der Waals surface area contributed by atoms with E-state index in [9.17, 15) is 4.79 Å². The van der Waals surface area contributed by atoms with Crippen LogP contribution >= 0.6 is 0 Å². The van der Waals surface area contributed by atoms with Crippen LogP contribution in [-0.2, 0) is 4.74 Å². The number of hydrogen-bond acceptors (Lipinski definition) is 3. The summed E-state index contributed by atoms with van der Waals surface area (Å²) >= 11 is 0. The average molecular weight is 413 g/mol. The first-order chi connectivity index (χ1) is 15.1. The minimum Gasteiger partial charge on any atom is -0.436 e. The number of nitrogens with zero attached hydrogens (tertiary/aromatic N) is 1. The van der Waals surface area contributed by atoms with Crippen LogP contribution in [-0.4, -0.2) is 19.2 Å². The second-order valence-corrected chi connectivity index (χ2v) is 7.67. The third-order valence-electron chi connectivity index (χ3n) is 5.80. The molecule has 3 aromatic carbocycles. The quantitative estimate of drug-likeness (QED) is 0.509. The molecule has 4 rings (SSSR count). The first kappa shape index (κ1) is 20.7. The van der Waals surface area contributed by atoms with Crippen molar-refractivity contribution in [2.24, 2.45) is 0 Å². The van der Waals surface area contributed by atoms with Gasteiger partial charge in [-0.2, -0.15) is 0 Å².